The van der Waals surface area contributed by atoms with Crippen LogP contribution < -0.4 is 14.4 Å². The molecular formula is C24H15Cl2NO5S. The Bertz CT molecular complexity index is 1290. The smallest absolute Gasteiger partial charge is 0.345 e. The van der Waals surface area contributed by atoms with Gasteiger partial charge in [-0.1, -0.05) is 47.5 Å². The number of rotatable bonds is 5. The maximum atomic E-state index is 12.8. The minimum Gasteiger partial charge on any atom is -0.493 e. The lowest BCUT2D eigenvalue weighted by Crippen LogP contribution is -2.27. The van der Waals surface area contributed by atoms with Crippen molar-refractivity contribution < 1.29 is 23.9 Å². The van der Waals surface area contributed by atoms with Crippen LogP contribution in [-0.2, 0) is 4.79 Å². The van der Waals surface area contributed by atoms with Gasteiger partial charge in [-0.2, -0.15) is 0 Å². The topological polar surface area (TPSA) is 72.9 Å². The summed E-state index contributed by atoms with van der Waals surface area (Å²) in [7, 11) is 1.43. The Hall–Kier alpha value is -3.26. The third kappa shape index (κ3) is 4.90. The van der Waals surface area contributed by atoms with Gasteiger partial charge in [-0.25, -0.2) is 9.69 Å². The predicted octanol–water partition coefficient (Wildman–Crippen LogP) is 6.46. The molecule has 3 aromatic carbocycles. The first-order valence-electron chi connectivity index (χ1n) is 9.55. The molecular weight excluding hydrogens is 485 g/mol. The number of anilines is 1. The third-order valence-corrected chi connectivity index (χ3v) is 6.06. The van der Waals surface area contributed by atoms with Gasteiger partial charge in [0.15, 0.2) is 11.5 Å². The zero-order valence-corrected chi connectivity index (χ0v) is 19.4. The number of carbonyl (C=O) groups excluding carboxylic acids is 3. The van der Waals surface area contributed by atoms with E-state index in [0.717, 1.165) is 16.7 Å². The second kappa shape index (κ2) is 9.70. The Labute approximate surface area is 203 Å². The Morgan fingerprint density at radius 2 is 1.73 bits per heavy atom. The number of ether oxygens (including phenoxy) is 2. The fourth-order valence-corrected chi connectivity index (χ4v) is 4.41. The van der Waals surface area contributed by atoms with Gasteiger partial charge >= 0.3 is 5.97 Å². The van der Waals surface area contributed by atoms with Crippen LogP contribution in [0.1, 0.15) is 15.9 Å². The van der Waals surface area contributed by atoms with Crippen LogP contribution in [0.5, 0.6) is 11.5 Å². The third-order valence-electron chi connectivity index (χ3n) is 4.65. The molecule has 0 aliphatic carbocycles. The van der Waals surface area contributed by atoms with E-state index in [1.165, 1.54) is 31.4 Å². The molecule has 0 unspecified atom stereocenters. The van der Waals surface area contributed by atoms with E-state index in [1.54, 1.807) is 48.5 Å². The number of halogens is 2. The number of para-hydroxylation sites is 1. The van der Waals surface area contributed by atoms with Gasteiger partial charge in [0.25, 0.3) is 11.1 Å². The second-order valence-corrected chi connectivity index (χ2v) is 8.61. The molecule has 0 N–H and O–H groups in total. The monoisotopic (exact) mass is 499 g/mol. The van der Waals surface area contributed by atoms with Gasteiger partial charge in [-0.3, -0.25) is 9.59 Å². The SMILES string of the molecule is COc1cc(/C=C2/SC(=O)N(c3ccccc3)C2=O)ccc1OC(=O)c1ccc(Cl)cc1Cl. The van der Waals surface area contributed by atoms with Gasteiger partial charge in [0.1, 0.15) is 0 Å². The zero-order valence-electron chi connectivity index (χ0n) is 17.1. The summed E-state index contributed by atoms with van der Waals surface area (Å²) in [5.41, 5.74) is 1.25. The Kier molecular flexibility index (Phi) is 6.74. The number of benzene rings is 3. The summed E-state index contributed by atoms with van der Waals surface area (Å²) in [5.74, 6) is -0.651. The highest BCUT2D eigenvalue weighted by Crippen LogP contribution is 2.37. The number of hydrogen-bond acceptors (Lipinski definition) is 6. The molecule has 0 atom stereocenters. The quantitative estimate of drug-likeness (QED) is 0.227. The lowest BCUT2D eigenvalue weighted by molar-refractivity contribution is -0.113. The van der Waals surface area contributed by atoms with Gasteiger partial charge in [-0.15, -0.1) is 0 Å². The number of thioether (sulfide) groups is 1. The molecule has 1 aliphatic rings. The molecule has 0 saturated carbocycles. The van der Waals surface area contributed by atoms with Crippen molar-refractivity contribution in [2.75, 3.05) is 12.0 Å². The number of carbonyl (C=O) groups is 3. The van der Waals surface area contributed by atoms with Crippen molar-refractivity contribution in [2.24, 2.45) is 0 Å². The number of hydrogen-bond donors (Lipinski definition) is 0. The van der Waals surface area contributed by atoms with Crippen molar-refractivity contribution in [3.05, 3.63) is 92.8 Å². The molecule has 1 aliphatic heterocycles. The summed E-state index contributed by atoms with van der Waals surface area (Å²) in [5, 5.41) is 0.183. The van der Waals surface area contributed by atoms with Crippen LogP contribution in [0.4, 0.5) is 10.5 Å². The van der Waals surface area contributed by atoms with Crippen LogP contribution in [0.25, 0.3) is 6.08 Å². The highest BCUT2D eigenvalue weighted by atomic mass is 35.5. The average Bonchev–Trinajstić information content (AvgIpc) is 3.07. The minimum absolute atomic E-state index is 0.154. The maximum absolute atomic E-state index is 12.8. The van der Waals surface area contributed by atoms with Crippen molar-refractivity contribution in [3.8, 4) is 11.5 Å². The largest absolute Gasteiger partial charge is 0.493 e. The summed E-state index contributed by atoms with van der Waals surface area (Å²) in [6.45, 7) is 0. The lowest BCUT2D eigenvalue weighted by Gasteiger charge is -2.12. The summed E-state index contributed by atoms with van der Waals surface area (Å²) in [4.78, 5) is 39.1. The van der Waals surface area contributed by atoms with Crippen LogP contribution in [0, 0.1) is 0 Å². The molecule has 9 heteroatoms. The van der Waals surface area contributed by atoms with E-state index in [4.69, 9.17) is 32.7 Å². The molecule has 3 aromatic rings. The normalized spacial score (nSPS) is 14.6. The molecule has 0 bridgehead atoms. The molecule has 33 heavy (non-hydrogen) atoms. The Morgan fingerprint density at radius 3 is 2.42 bits per heavy atom. The number of nitrogens with zero attached hydrogens (tertiary/aromatic N) is 1. The molecule has 0 radical (unpaired) electrons. The highest BCUT2D eigenvalue weighted by molar-refractivity contribution is 8.19. The van der Waals surface area contributed by atoms with Gasteiger partial charge in [-0.05, 0) is 65.9 Å². The molecule has 1 fully saturated rings. The Balaban J connectivity index is 1.57. The fraction of sp³-hybridized carbons (Fsp3) is 0.0417. The highest BCUT2D eigenvalue weighted by Gasteiger charge is 2.36. The van der Waals surface area contributed by atoms with Gasteiger partial charge < -0.3 is 9.47 Å². The van der Waals surface area contributed by atoms with E-state index in [2.05, 4.69) is 0 Å². The number of imide groups is 1. The summed E-state index contributed by atoms with van der Waals surface area (Å²) in [6.07, 6.45) is 1.58. The van der Waals surface area contributed by atoms with Crippen molar-refractivity contribution in [1.29, 1.82) is 0 Å². The van der Waals surface area contributed by atoms with E-state index in [9.17, 15) is 14.4 Å². The van der Waals surface area contributed by atoms with E-state index in [1.807, 2.05) is 0 Å². The van der Waals surface area contributed by atoms with Crippen molar-refractivity contribution in [2.45, 2.75) is 0 Å². The molecule has 6 nitrogen and oxygen atoms in total. The van der Waals surface area contributed by atoms with Crippen LogP contribution in [-0.4, -0.2) is 24.2 Å². The second-order valence-electron chi connectivity index (χ2n) is 6.78. The van der Waals surface area contributed by atoms with Crippen LogP contribution in [0.15, 0.2) is 71.6 Å². The standard InChI is InChI=1S/C24H15Cl2NO5S/c1-31-20-11-14(7-10-19(20)32-23(29)17-9-8-15(25)13-18(17)26)12-21-22(28)27(24(30)33-21)16-5-3-2-4-6-16/h2-13H,1H3/b21-12+. The predicted molar refractivity (Wildman–Crippen MR) is 129 cm³/mol. The van der Waals surface area contributed by atoms with Gasteiger partial charge in [0, 0.05) is 5.02 Å². The molecule has 0 aromatic heterocycles. The van der Waals surface area contributed by atoms with E-state index in [-0.39, 0.29) is 32.2 Å². The van der Waals surface area contributed by atoms with Crippen LogP contribution >= 0.6 is 35.0 Å². The number of esters is 1. The Morgan fingerprint density at radius 1 is 0.970 bits per heavy atom. The molecule has 166 valence electrons. The molecule has 2 amide bonds. The summed E-state index contributed by atoms with van der Waals surface area (Å²) >= 11 is 12.8. The summed E-state index contributed by atoms with van der Waals surface area (Å²) in [6, 6.07) is 17.9. The number of amides is 2. The van der Waals surface area contributed by atoms with Gasteiger partial charge in [0.05, 0.1) is 28.3 Å². The zero-order chi connectivity index (χ0) is 23.5. The summed E-state index contributed by atoms with van der Waals surface area (Å²) < 4.78 is 10.8. The molecule has 0 spiro atoms. The van der Waals surface area contributed by atoms with Gasteiger partial charge in [0.2, 0.25) is 0 Å². The van der Waals surface area contributed by atoms with Crippen molar-refractivity contribution >= 4 is 63.8 Å². The first-order chi connectivity index (χ1) is 15.9. The molecule has 1 heterocycles. The average molecular weight is 500 g/mol. The van der Waals surface area contributed by atoms with Crippen LogP contribution in [0.3, 0.4) is 0 Å². The van der Waals surface area contributed by atoms with E-state index >= 15 is 0 Å². The first-order valence-corrected chi connectivity index (χ1v) is 11.1. The number of methoxy groups -OCH3 is 1. The maximum Gasteiger partial charge on any atom is 0.345 e. The van der Waals surface area contributed by atoms with Crippen LogP contribution in [0.2, 0.25) is 10.0 Å². The first kappa shape index (κ1) is 22.9. The molecule has 4 rings (SSSR count). The van der Waals surface area contributed by atoms with E-state index in [0.29, 0.717) is 16.3 Å². The van der Waals surface area contributed by atoms with E-state index < -0.39 is 11.9 Å². The van der Waals surface area contributed by atoms with Crippen molar-refractivity contribution in [3.63, 3.8) is 0 Å². The minimum atomic E-state index is -0.674. The van der Waals surface area contributed by atoms with Crippen molar-refractivity contribution in [1.82, 2.24) is 0 Å². The molecule has 1 saturated heterocycles. The lowest BCUT2D eigenvalue weighted by atomic mass is 10.1. The fourth-order valence-electron chi connectivity index (χ4n) is 3.09.